The Labute approximate surface area is 174 Å². The molecule has 0 fully saturated rings. The second-order valence-corrected chi connectivity index (χ2v) is 7.20. The van der Waals surface area contributed by atoms with E-state index in [4.69, 9.17) is 15.2 Å². The molecule has 150 valence electrons. The summed E-state index contributed by atoms with van der Waals surface area (Å²) in [4.78, 5) is 7.18. The Morgan fingerprint density at radius 1 is 1.31 bits per heavy atom. The number of allylic oxidation sites excluding steroid dienone is 5. The van der Waals surface area contributed by atoms with Crippen molar-refractivity contribution in [1.29, 1.82) is 0 Å². The summed E-state index contributed by atoms with van der Waals surface area (Å²) in [6, 6.07) is 7.75. The number of rotatable bonds is 8. The first-order chi connectivity index (χ1) is 14.1. The summed E-state index contributed by atoms with van der Waals surface area (Å²) in [5, 5.41) is 4.86. The van der Waals surface area contributed by atoms with Crippen LogP contribution in [0.4, 0.5) is 0 Å². The van der Waals surface area contributed by atoms with Gasteiger partial charge >= 0.3 is 0 Å². The highest BCUT2D eigenvalue weighted by Crippen LogP contribution is 2.29. The maximum Gasteiger partial charge on any atom is 0.126 e. The molecule has 0 aliphatic heterocycles. The average Bonchev–Trinajstić information content (AvgIpc) is 3.15. The summed E-state index contributed by atoms with van der Waals surface area (Å²) in [6.07, 6.45) is 11.1. The number of methoxy groups -OCH3 is 2. The predicted octanol–water partition coefficient (Wildman–Crippen LogP) is 3.58. The molecule has 0 amide bonds. The van der Waals surface area contributed by atoms with Gasteiger partial charge in [0.05, 0.1) is 36.9 Å². The molecular formula is C21H23N5O2S. The lowest BCUT2D eigenvalue weighted by Gasteiger charge is -2.13. The molecule has 0 bridgehead atoms. The lowest BCUT2D eigenvalue weighted by molar-refractivity contribution is 0.185. The Hall–Kier alpha value is -3.23. The van der Waals surface area contributed by atoms with Crippen molar-refractivity contribution in [3.05, 3.63) is 89.5 Å². The molecular weight excluding hydrogens is 386 g/mol. The summed E-state index contributed by atoms with van der Waals surface area (Å²) in [5.41, 5.74) is 11.7. The van der Waals surface area contributed by atoms with E-state index in [1.807, 2.05) is 54.8 Å². The molecule has 3 N–H and O–H groups in total. The highest BCUT2D eigenvalue weighted by molar-refractivity contribution is 8.03. The third kappa shape index (κ3) is 5.63. The quantitative estimate of drug-likeness (QED) is 0.648. The molecule has 29 heavy (non-hydrogen) atoms. The molecule has 1 aromatic heterocycles. The molecule has 1 aliphatic carbocycles. The van der Waals surface area contributed by atoms with Gasteiger partial charge in [-0.05, 0) is 30.4 Å². The Balaban J connectivity index is 1.76. The molecule has 0 spiro atoms. The first-order valence-electron chi connectivity index (χ1n) is 8.83. The van der Waals surface area contributed by atoms with Gasteiger partial charge in [-0.2, -0.15) is 9.89 Å². The molecule has 3 rings (SSSR count). The van der Waals surface area contributed by atoms with Crippen molar-refractivity contribution in [1.82, 2.24) is 9.89 Å². The van der Waals surface area contributed by atoms with Gasteiger partial charge in [0.15, 0.2) is 0 Å². The van der Waals surface area contributed by atoms with E-state index < -0.39 is 0 Å². The van der Waals surface area contributed by atoms with E-state index in [9.17, 15) is 0 Å². The maximum atomic E-state index is 6.28. The van der Waals surface area contributed by atoms with Crippen LogP contribution in [0, 0.1) is 0 Å². The van der Waals surface area contributed by atoms with Crippen LogP contribution in [0.2, 0.25) is 0 Å². The first kappa shape index (κ1) is 20.5. The van der Waals surface area contributed by atoms with Crippen molar-refractivity contribution in [2.45, 2.75) is 11.5 Å². The SMILES string of the molecule is C=C(/N=C1/C=CC=C/C1=C(/N)Nn1cc(COC)cn1)Sc1cccc(OC)c1. The van der Waals surface area contributed by atoms with Gasteiger partial charge in [0, 0.05) is 23.1 Å². The van der Waals surface area contributed by atoms with E-state index >= 15 is 0 Å². The minimum atomic E-state index is 0.426. The number of hydrogen-bond donors (Lipinski definition) is 2. The largest absolute Gasteiger partial charge is 0.497 e. The maximum absolute atomic E-state index is 6.28. The summed E-state index contributed by atoms with van der Waals surface area (Å²) in [5.74, 6) is 1.22. The zero-order chi connectivity index (χ0) is 20.6. The summed E-state index contributed by atoms with van der Waals surface area (Å²) >= 11 is 1.46. The second-order valence-electron chi connectivity index (χ2n) is 6.06. The van der Waals surface area contributed by atoms with E-state index in [-0.39, 0.29) is 0 Å². The van der Waals surface area contributed by atoms with Crippen molar-refractivity contribution in [2.75, 3.05) is 19.6 Å². The lowest BCUT2D eigenvalue weighted by atomic mass is 10.1. The molecule has 1 aliphatic rings. The number of hydrogen-bond acceptors (Lipinski definition) is 7. The number of nitrogens with one attached hydrogen (secondary N) is 1. The molecule has 2 aromatic rings. The van der Waals surface area contributed by atoms with Crippen LogP contribution >= 0.6 is 11.8 Å². The number of thioether (sulfide) groups is 1. The summed E-state index contributed by atoms with van der Waals surface area (Å²) in [7, 11) is 3.28. The minimum Gasteiger partial charge on any atom is -0.497 e. The standard InChI is InChI=1S/C21H23N5O2S/c1-15(29-18-8-6-7-17(11-18)28-3)24-20-10-5-4-9-19(20)21(22)25-26-13-16(12-23-26)14-27-2/h4-13,25H,1,14,22H2,2-3H3/b21-19+,24-20-. The molecule has 1 aromatic carbocycles. The summed E-state index contributed by atoms with van der Waals surface area (Å²) in [6.45, 7) is 4.54. The van der Waals surface area contributed by atoms with Crippen molar-refractivity contribution in [2.24, 2.45) is 10.7 Å². The number of ether oxygens (including phenoxy) is 2. The zero-order valence-electron chi connectivity index (χ0n) is 16.3. The monoisotopic (exact) mass is 409 g/mol. The number of benzene rings is 1. The number of aromatic nitrogens is 2. The van der Waals surface area contributed by atoms with Crippen LogP contribution in [0.25, 0.3) is 0 Å². The van der Waals surface area contributed by atoms with Gasteiger partial charge in [-0.1, -0.05) is 36.6 Å². The predicted molar refractivity (Wildman–Crippen MR) is 117 cm³/mol. The van der Waals surface area contributed by atoms with Gasteiger partial charge < -0.3 is 15.2 Å². The topological polar surface area (TPSA) is 86.7 Å². The van der Waals surface area contributed by atoms with Gasteiger partial charge in [-0.3, -0.25) is 5.43 Å². The summed E-state index contributed by atoms with van der Waals surface area (Å²) < 4.78 is 10.4. The zero-order valence-corrected chi connectivity index (χ0v) is 17.1. The molecule has 1 heterocycles. The Morgan fingerprint density at radius 2 is 2.14 bits per heavy atom. The fraction of sp³-hybridized carbons (Fsp3) is 0.143. The Bertz CT molecular complexity index is 1000. The van der Waals surface area contributed by atoms with Crippen molar-refractivity contribution < 1.29 is 9.47 Å². The highest BCUT2D eigenvalue weighted by Gasteiger charge is 2.11. The Morgan fingerprint density at radius 3 is 2.93 bits per heavy atom. The van der Waals surface area contributed by atoms with Crippen molar-refractivity contribution >= 4 is 17.5 Å². The van der Waals surface area contributed by atoms with E-state index in [1.165, 1.54) is 11.8 Å². The molecule has 0 radical (unpaired) electrons. The van der Waals surface area contributed by atoms with Gasteiger partial charge in [0.25, 0.3) is 0 Å². The van der Waals surface area contributed by atoms with Crippen molar-refractivity contribution in [3.8, 4) is 5.75 Å². The van der Waals surface area contributed by atoms with Crippen LogP contribution in [0.1, 0.15) is 5.56 Å². The third-order valence-electron chi connectivity index (χ3n) is 3.90. The van der Waals surface area contributed by atoms with Crippen LogP contribution in [-0.2, 0) is 11.3 Å². The van der Waals surface area contributed by atoms with E-state index in [1.54, 1.807) is 25.2 Å². The molecule has 0 saturated heterocycles. The second kappa shape index (κ2) is 9.81. The van der Waals surface area contributed by atoms with Gasteiger partial charge in [0.2, 0.25) is 0 Å². The average molecular weight is 410 g/mol. The van der Waals surface area contributed by atoms with E-state index in [2.05, 4.69) is 22.1 Å². The van der Waals surface area contributed by atoms with E-state index in [0.717, 1.165) is 21.8 Å². The van der Waals surface area contributed by atoms with E-state index in [0.29, 0.717) is 23.2 Å². The van der Waals surface area contributed by atoms with Crippen molar-refractivity contribution in [3.63, 3.8) is 0 Å². The Kier molecular flexibility index (Phi) is 6.94. The molecule has 0 saturated carbocycles. The lowest BCUT2D eigenvalue weighted by Crippen LogP contribution is -2.24. The van der Waals surface area contributed by atoms with Crippen LogP contribution < -0.4 is 15.9 Å². The molecule has 8 heteroatoms. The third-order valence-corrected chi connectivity index (χ3v) is 4.71. The smallest absolute Gasteiger partial charge is 0.126 e. The fourth-order valence-corrected chi connectivity index (χ4v) is 3.34. The van der Waals surface area contributed by atoms with Gasteiger partial charge in [-0.25, -0.2) is 4.99 Å². The molecule has 0 atom stereocenters. The molecule has 7 nitrogen and oxygen atoms in total. The molecule has 0 unspecified atom stereocenters. The van der Waals surface area contributed by atoms with Crippen LogP contribution in [0.3, 0.4) is 0 Å². The van der Waals surface area contributed by atoms with Crippen LogP contribution in [-0.4, -0.2) is 29.8 Å². The number of aliphatic imine (C=N–C) groups is 1. The number of nitrogens with two attached hydrogens (primary N) is 1. The highest BCUT2D eigenvalue weighted by atomic mass is 32.2. The minimum absolute atomic E-state index is 0.426. The number of nitrogens with zero attached hydrogens (tertiary/aromatic N) is 3. The van der Waals surface area contributed by atoms with Crippen LogP contribution in [0.5, 0.6) is 5.75 Å². The fourth-order valence-electron chi connectivity index (χ4n) is 2.60. The van der Waals surface area contributed by atoms with Crippen LogP contribution in [0.15, 0.2) is 93.9 Å². The normalized spacial score (nSPS) is 16.1. The first-order valence-corrected chi connectivity index (χ1v) is 9.64. The van der Waals surface area contributed by atoms with Gasteiger partial charge in [0.1, 0.15) is 11.6 Å². The van der Waals surface area contributed by atoms with Gasteiger partial charge in [-0.15, -0.1) is 0 Å².